The average molecular weight is 111 g/mol. The predicted octanol–water partition coefficient (Wildman–Crippen LogP) is 0.941. The fourth-order valence-electron chi connectivity index (χ4n) is 0.383. The highest BCUT2D eigenvalue weighted by molar-refractivity contribution is 5.84. The van der Waals surface area contributed by atoms with Gasteiger partial charge >= 0.3 is 0 Å². The van der Waals surface area contributed by atoms with Crippen LogP contribution >= 0.6 is 0 Å². The standard InChI is InChI=1S/C4H7N4/c1-3(2)4-5-7-8-6-4/h3H,1-2H3. The van der Waals surface area contributed by atoms with Crippen molar-refractivity contribution in [2.45, 2.75) is 13.8 Å². The molecule has 0 amide bonds. The van der Waals surface area contributed by atoms with E-state index >= 15 is 0 Å². The fraction of sp³-hybridized carbons (Fsp3) is 0.750. The van der Waals surface area contributed by atoms with Gasteiger partial charge < -0.3 is 0 Å². The Hall–Kier alpha value is -0.930. The van der Waals surface area contributed by atoms with Crippen LogP contribution in [0, 0.1) is 5.92 Å². The molecule has 0 unspecified atom stereocenters. The van der Waals surface area contributed by atoms with Crippen LogP contribution < -0.4 is 5.53 Å². The summed E-state index contributed by atoms with van der Waals surface area (Å²) in [6, 6.07) is 0. The number of hydrogen-bond acceptors (Lipinski definition) is 3. The molecule has 4 nitrogen and oxygen atoms in total. The maximum Gasteiger partial charge on any atom is 0.179 e. The Kier molecular flexibility index (Phi) is 1.24. The second-order valence-electron chi connectivity index (χ2n) is 1.89. The third kappa shape index (κ3) is 0.828. The molecule has 8 heavy (non-hydrogen) atoms. The van der Waals surface area contributed by atoms with Crippen molar-refractivity contribution in [1.82, 2.24) is 5.53 Å². The van der Waals surface area contributed by atoms with Gasteiger partial charge in [0.2, 0.25) is 0 Å². The van der Waals surface area contributed by atoms with Crippen LogP contribution in [0.1, 0.15) is 13.8 Å². The molecule has 1 radical (unpaired) electrons. The van der Waals surface area contributed by atoms with E-state index in [9.17, 15) is 0 Å². The Morgan fingerprint density at radius 1 is 1.38 bits per heavy atom. The van der Waals surface area contributed by atoms with Crippen LogP contribution in [0.2, 0.25) is 0 Å². The van der Waals surface area contributed by atoms with Crippen molar-refractivity contribution in [3.05, 3.63) is 0 Å². The smallest absolute Gasteiger partial charge is 0.111 e. The topological polar surface area (TPSA) is 51.2 Å². The van der Waals surface area contributed by atoms with E-state index in [0.29, 0.717) is 11.8 Å². The van der Waals surface area contributed by atoms with Crippen LogP contribution in [0.25, 0.3) is 0 Å². The van der Waals surface area contributed by atoms with Crippen LogP contribution in [0.3, 0.4) is 0 Å². The van der Waals surface area contributed by atoms with Crippen LogP contribution in [0.5, 0.6) is 0 Å². The molecular weight excluding hydrogens is 104 g/mol. The van der Waals surface area contributed by atoms with Gasteiger partial charge in [0.15, 0.2) is 5.84 Å². The second kappa shape index (κ2) is 1.90. The predicted molar refractivity (Wildman–Crippen MR) is 29.3 cm³/mol. The fourth-order valence-corrected chi connectivity index (χ4v) is 0.383. The van der Waals surface area contributed by atoms with Gasteiger partial charge in [0.05, 0.1) is 0 Å². The summed E-state index contributed by atoms with van der Waals surface area (Å²) in [6.45, 7) is 4.00. The maximum atomic E-state index is 3.64. The first kappa shape index (κ1) is 5.21. The van der Waals surface area contributed by atoms with Crippen LogP contribution in [-0.4, -0.2) is 5.84 Å². The third-order valence-electron chi connectivity index (χ3n) is 0.851. The van der Waals surface area contributed by atoms with Gasteiger partial charge in [0.25, 0.3) is 0 Å². The summed E-state index contributed by atoms with van der Waals surface area (Å²) in [4.78, 5) is 0. The van der Waals surface area contributed by atoms with Crippen LogP contribution in [0.4, 0.5) is 0 Å². The first-order valence-electron chi connectivity index (χ1n) is 2.49. The molecule has 4 heteroatoms. The van der Waals surface area contributed by atoms with Gasteiger partial charge in [-0.15, -0.1) is 10.2 Å². The molecule has 0 spiro atoms. The number of hydrogen-bond donors (Lipinski definition) is 0. The molecule has 0 aromatic heterocycles. The monoisotopic (exact) mass is 111 g/mol. The van der Waals surface area contributed by atoms with E-state index in [1.54, 1.807) is 0 Å². The normalized spacial score (nSPS) is 16.6. The van der Waals surface area contributed by atoms with E-state index in [4.69, 9.17) is 0 Å². The first-order chi connectivity index (χ1) is 3.80. The zero-order valence-corrected chi connectivity index (χ0v) is 4.87. The summed E-state index contributed by atoms with van der Waals surface area (Å²) < 4.78 is 0. The minimum absolute atomic E-state index is 0.338. The van der Waals surface area contributed by atoms with Crippen LogP contribution in [0.15, 0.2) is 15.4 Å². The van der Waals surface area contributed by atoms with Gasteiger partial charge in [-0.3, -0.25) is 0 Å². The molecule has 1 heterocycles. The number of rotatable bonds is 1. The summed E-state index contributed by atoms with van der Waals surface area (Å²) in [5.41, 5.74) is 3.33. The zero-order chi connectivity index (χ0) is 5.98. The SMILES string of the molecule is CC(C)C1=N[N]N=N1. The van der Waals surface area contributed by atoms with E-state index in [2.05, 4.69) is 21.0 Å². The Morgan fingerprint density at radius 2 is 2.12 bits per heavy atom. The highest BCUT2D eigenvalue weighted by Gasteiger charge is 2.07. The Morgan fingerprint density at radius 3 is 2.38 bits per heavy atom. The molecule has 1 aliphatic heterocycles. The minimum Gasteiger partial charge on any atom is -0.111 e. The summed E-state index contributed by atoms with van der Waals surface area (Å²) in [5, 5.41) is 10.6. The Bertz CT molecular complexity index is 135. The largest absolute Gasteiger partial charge is 0.179 e. The van der Waals surface area contributed by atoms with Crippen LogP contribution in [-0.2, 0) is 0 Å². The average Bonchev–Trinajstić information content (AvgIpc) is 2.12. The molecule has 0 saturated heterocycles. The molecule has 0 atom stereocenters. The maximum absolute atomic E-state index is 3.64. The van der Waals surface area contributed by atoms with Gasteiger partial charge in [0.1, 0.15) is 0 Å². The molecule has 0 saturated carbocycles. The molecule has 1 aliphatic rings. The Labute approximate surface area is 47.7 Å². The van der Waals surface area contributed by atoms with Gasteiger partial charge in [-0.05, 0) is 10.8 Å². The van der Waals surface area contributed by atoms with Crippen molar-refractivity contribution in [2.75, 3.05) is 0 Å². The number of amidine groups is 1. The van der Waals surface area contributed by atoms with Gasteiger partial charge in [-0.25, -0.2) is 0 Å². The van der Waals surface area contributed by atoms with Gasteiger partial charge in [0, 0.05) is 5.92 Å². The van der Waals surface area contributed by atoms with E-state index in [1.807, 2.05) is 13.8 Å². The molecule has 0 aromatic rings. The summed E-state index contributed by atoms with van der Waals surface area (Å²) in [7, 11) is 0. The van der Waals surface area contributed by atoms with E-state index in [1.165, 1.54) is 0 Å². The molecule has 43 valence electrons. The van der Waals surface area contributed by atoms with E-state index in [0.717, 1.165) is 0 Å². The highest BCUT2D eigenvalue weighted by atomic mass is 15.6. The molecule has 1 rings (SSSR count). The molecule has 0 bridgehead atoms. The molecule has 0 aromatic carbocycles. The first-order valence-corrected chi connectivity index (χ1v) is 2.49. The lowest BCUT2D eigenvalue weighted by molar-refractivity contribution is 0.777. The molecule has 0 N–H and O–H groups in total. The van der Waals surface area contributed by atoms with Gasteiger partial charge in [-0.1, -0.05) is 13.8 Å². The zero-order valence-electron chi connectivity index (χ0n) is 4.87. The van der Waals surface area contributed by atoms with E-state index < -0.39 is 0 Å². The quantitative estimate of drug-likeness (QED) is 0.483. The van der Waals surface area contributed by atoms with Crippen molar-refractivity contribution < 1.29 is 0 Å². The third-order valence-corrected chi connectivity index (χ3v) is 0.851. The van der Waals surface area contributed by atoms with Crippen molar-refractivity contribution in [2.24, 2.45) is 21.4 Å². The lowest BCUT2D eigenvalue weighted by atomic mass is 10.2. The lowest BCUT2D eigenvalue weighted by Gasteiger charge is -1.92. The van der Waals surface area contributed by atoms with Crippen molar-refractivity contribution >= 4 is 5.84 Å². The highest BCUT2D eigenvalue weighted by Crippen LogP contribution is 2.02. The Balaban J connectivity index is 2.58. The van der Waals surface area contributed by atoms with Crippen molar-refractivity contribution in [3.8, 4) is 0 Å². The summed E-state index contributed by atoms with van der Waals surface area (Å²) in [6.07, 6.45) is 0. The number of nitrogens with zero attached hydrogens (tertiary/aromatic N) is 4. The lowest BCUT2D eigenvalue weighted by Crippen LogP contribution is -2.00. The van der Waals surface area contributed by atoms with Crippen molar-refractivity contribution in [1.29, 1.82) is 0 Å². The van der Waals surface area contributed by atoms with Gasteiger partial charge in [-0.2, -0.15) is 0 Å². The van der Waals surface area contributed by atoms with Crippen molar-refractivity contribution in [3.63, 3.8) is 0 Å². The second-order valence-corrected chi connectivity index (χ2v) is 1.89. The minimum atomic E-state index is 0.338. The summed E-state index contributed by atoms with van der Waals surface area (Å²) in [5.74, 6) is 1.05. The van der Waals surface area contributed by atoms with E-state index in [-0.39, 0.29) is 0 Å². The molecule has 0 fully saturated rings. The molecule has 0 aliphatic carbocycles. The molecular formula is C4H7N4. The summed E-state index contributed by atoms with van der Waals surface area (Å²) >= 11 is 0.